The second-order valence-corrected chi connectivity index (χ2v) is 5.59. The van der Waals surface area contributed by atoms with Gasteiger partial charge in [0, 0.05) is 0 Å². The fourth-order valence-corrected chi connectivity index (χ4v) is 2.46. The Hall–Kier alpha value is -3.34. The number of nitrogens with one attached hydrogen (secondary N) is 2. The van der Waals surface area contributed by atoms with E-state index in [1.54, 1.807) is 24.3 Å². The lowest BCUT2D eigenvalue weighted by Crippen LogP contribution is -2.37. The summed E-state index contributed by atoms with van der Waals surface area (Å²) in [6, 6.07) is 5.86. The Kier molecular flexibility index (Phi) is 4.15. The van der Waals surface area contributed by atoms with Gasteiger partial charge in [-0.3, -0.25) is 29.8 Å². The molecule has 1 unspecified atom stereocenters. The third-order valence-electron chi connectivity index (χ3n) is 3.60. The summed E-state index contributed by atoms with van der Waals surface area (Å²) < 4.78 is 2.08. The zero-order valence-electron chi connectivity index (χ0n) is 12.9. The monoisotopic (exact) mass is 360 g/mol. The van der Waals surface area contributed by atoms with Crippen molar-refractivity contribution < 1.29 is 9.72 Å². The molecule has 1 atom stereocenters. The van der Waals surface area contributed by atoms with Gasteiger partial charge in [0.2, 0.25) is 0 Å². The second-order valence-electron chi connectivity index (χ2n) is 5.20. The summed E-state index contributed by atoms with van der Waals surface area (Å²) in [6.45, 7) is 1.49. The SMILES string of the molecule is CC(C(=O)Nn1c(=S)[nH]c2ccccc2c1=O)n1cc([N+](=O)[O-])cn1. The minimum absolute atomic E-state index is 0.0238. The highest BCUT2D eigenvalue weighted by Crippen LogP contribution is 2.13. The molecule has 0 fully saturated rings. The van der Waals surface area contributed by atoms with Gasteiger partial charge in [-0.15, -0.1) is 0 Å². The molecule has 2 aromatic heterocycles. The molecule has 10 nitrogen and oxygen atoms in total. The number of nitro groups is 1. The summed E-state index contributed by atoms with van der Waals surface area (Å²) in [5, 5.41) is 14.8. The van der Waals surface area contributed by atoms with Gasteiger partial charge in [0.1, 0.15) is 18.4 Å². The van der Waals surface area contributed by atoms with Gasteiger partial charge >= 0.3 is 5.69 Å². The van der Waals surface area contributed by atoms with E-state index in [0.29, 0.717) is 10.9 Å². The van der Waals surface area contributed by atoms with E-state index < -0.39 is 22.4 Å². The maximum absolute atomic E-state index is 12.5. The fourth-order valence-electron chi connectivity index (χ4n) is 2.22. The lowest BCUT2D eigenvalue weighted by atomic mass is 10.2. The van der Waals surface area contributed by atoms with E-state index >= 15 is 0 Å². The topological polar surface area (TPSA) is 128 Å². The van der Waals surface area contributed by atoms with Crippen LogP contribution in [-0.4, -0.2) is 30.3 Å². The Balaban J connectivity index is 1.92. The number of aromatic nitrogens is 4. The van der Waals surface area contributed by atoms with Crippen LogP contribution in [0.15, 0.2) is 41.5 Å². The zero-order chi connectivity index (χ0) is 18.1. The molecular formula is C14H12N6O4S. The Morgan fingerprint density at radius 2 is 2.16 bits per heavy atom. The summed E-state index contributed by atoms with van der Waals surface area (Å²) in [6.07, 6.45) is 2.17. The van der Waals surface area contributed by atoms with E-state index in [2.05, 4.69) is 15.5 Å². The van der Waals surface area contributed by atoms with Crippen molar-refractivity contribution >= 4 is 34.7 Å². The molecule has 0 saturated carbocycles. The Morgan fingerprint density at radius 3 is 2.84 bits per heavy atom. The molecule has 0 saturated heterocycles. The van der Waals surface area contributed by atoms with E-state index in [0.717, 1.165) is 21.8 Å². The molecule has 0 radical (unpaired) electrons. The highest BCUT2D eigenvalue weighted by Gasteiger charge is 2.20. The Morgan fingerprint density at radius 1 is 1.44 bits per heavy atom. The normalized spacial score (nSPS) is 12.0. The van der Waals surface area contributed by atoms with Gasteiger partial charge in [0.15, 0.2) is 4.77 Å². The minimum Gasteiger partial charge on any atom is -0.330 e. The molecule has 1 amide bonds. The van der Waals surface area contributed by atoms with Gasteiger partial charge in [-0.2, -0.15) is 9.77 Å². The predicted molar refractivity (Wildman–Crippen MR) is 91.4 cm³/mol. The lowest BCUT2D eigenvalue weighted by Gasteiger charge is -2.14. The third-order valence-corrected chi connectivity index (χ3v) is 3.89. The van der Waals surface area contributed by atoms with Crippen LogP contribution in [0.4, 0.5) is 5.69 Å². The van der Waals surface area contributed by atoms with Gasteiger partial charge in [-0.05, 0) is 31.3 Å². The molecule has 0 spiro atoms. The number of amides is 1. The van der Waals surface area contributed by atoms with Gasteiger partial charge in [-0.1, -0.05) is 12.1 Å². The number of carbonyl (C=O) groups excluding carboxylic acids is 1. The van der Waals surface area contributed by atoms with Crippen LogP contribution in [0, 0.1) is 14.9 Å². The van der Waals surface area contributed by atoms with E-state index in [4.69, 9.17) is 12.2 Å². The first kappa shape index (κ1) is 16.5. The molecule has 0 bridgehead atoms. The molecule has 0 aliphatic carbocycles. The first-order valence-corrected chi connectivity index (χ1v) is 7.53. The van der Waals surface area contributed by atoms with Gasteiger partial charge in [0.25, 0.3) is 11.5 Å². The molecular weight excluding hydrogens is 348 g/mol. The van der Waals surface area contributed by atoms with Crippen LogP contribution in [0.3, 0.4) is 0 Å². The number of carbonyl (C=O) groups is 1. The van der Waals surface area contributed by atoms with Crippen molar-refractivity contribution in [2.24, 2.45) is 0 Å². The first-order valence-electron chi connectivity index (χ1n) is 7.12. The number of fused-ring (bicyclic) bond motifs is 1. The molecule has 0 aliphatic heterocycles. The number of H-pyrrole nitrogens is 1. The van der Waals surface area contributed by atoms with Crippen LogP contribution in [0.1, 0.15) is 13.0 Å². The largest absolute Gasteiger partial charge is 0.330 e. The number of benzene rings is 1. The average Bonchev–Trinajstić information content (AvgIpc) is 3.08. The van der Waals surface area contributed by atoms with E-state index in [1.807, 2.05) is 0 Å². The van der Waals surface area contributed by atoms with E-state index in [-0.39, 0.29) is 10.5 Å². The molecule has 3 aromatic rings. The maximum Gasteiger partial charge on any atom is 0.307 e. The van der Waals surface area contributed by atoms with Crippen molar-refractivity contribution in [1.82, 2.24) is 19.4 Å². The van der Waals surface area contributed by atoms with E-state index in [1.165, 1.54) is 6.92 Å². The van der Waals surface area contributed by atoms with Gasteiger partial charge in [-0.25, -0.2) is 0 Å². The van der Waals surface area contributed by atoms with Crippen LogP contribution < -0.4 is 11.0 Å². The highest BCUT2D eigenvalue weighted by molar-refractivity contribution is 7.71. The Labute approximate surface area is 144 Å². The molecule has 1 aromatic carbocycles. The van der Waals surface area contributed by atoms with Crippen molar-refractivity contribution in [3.63, 3.8) is 0 Å². The first-order chi connectivity index (χ1) is 11.9. The van der Waals surface area contributed by atoms with Crippen molar-refractivity contribution in [1.29, 1.82) is 0 Å². The molecule has 25 heavy (non-hydrogen) atoms. The molecule has 2 heterocycles. The molecule has 3 rings (SSSR count). The summed E-state index contributed by atoms with van der Waals surface area (Å²) >= 11 is 5.11. The van der Waals surface area contributed by atoms with Crippen molar-refractivity contribution in [2.45, 2.75) is 13.0 Å². The number of para-hydroxylation sites is 1. The summed E-state index contributed by atoms with van der Waals surface area (Å²) in [4.78, 5) is 37.8. The smallest absolute Gasteiger partial charge is 0.307 e. The minimum atomic E-state index is -0.888. The molecule has 128 valence electrons. The van der Waals surface area contributed by atoms with Gasteiger partial charge in [0.05, 0.1) is 15.8 Å². The number of hydrogen-bond acceptors (Lipinski definition) is 6. The predicted octanol–water partition coefficient (Wildman–Crippen LogP) is 1.50. The summed E-state index contributed by atoms with van der Waals surface area (Å²) in [5.74, 6) is -0.602. The van der Waals surface area contributed by atoms with Crippen LogP contribution in [0.25, 0.3) is 10.9 Å². The number of rotatable bonds is 4. The summed E-state index contributed by atoms with van der Waals surface area (Å²) in [7, 11) is 0. The van der Waals surface area contributed by atoms with Crippen molar-refractivity contribution in [3.05, 3.63) is 61.9 Å². The maximum atomic E-state index is 12.5. The second kappa shape index (κ2) is 6.28. The van der Waals surface area contributed by atoms with Crippen molar-refractivity contribution in [2.75, 3.05) is 5.43 Å². The summed E-state index contributed by atoms with van der Waals surface area (Å²) in [5.41, 5.74) is 2.24. The van der Waals surface area contributed by atoms with Crippen molar-refractivity contribution in [3.8, 4) is 0 Å². The lowest BCUT2D eigenvalue weighted by molar-refractivity contribution is -0.385. The van der Waals surface area contributed by atoms with E-state index in [9.17, 15) is 19.7 Å². The standard InChI is InChI=1S/C14H12N6O4S/c1-8(18-7-9(6-15-18)20(23)24)12(21)17-19-13(22)10-4-2-3-5-11(10)16-14(19)25/h2-8H,1H3,(H,16,25)(H,17,21). The number of aromatic amines is 1. The zero-order valence-corrected chi connectivity index (χ0v) is 13.7. The number of nitrogens with zero attached hydrogens (tertiary/aromatic N) is 4. The molecule has 11 heteroatoms. The van der Waals surface area contributed by atoms with Crippen LogP contribution in [0.5, 0.6) is 0 Å². The van der Waals surface area contributed by atoms with Crippen LogP contribution >= 0.6 is 12.2 Å². The van der Waals surface area contributed by atoms with Crippen LogP contribution in [0.2, 0.25) is 0 Å². The fraction of sp³-hybridized carbons (Fsp3) is 0.143. The molecule has 0 aliphatic rings. The third kappa shape index (κ3) is 3.04. The van der Waals surface area contributed by atoms with Crippen LogP contribution in [-0.2, 0) is 4.79 Å². The van der Waals surface area contributed by atoms with Gasteiger partial charge < -0.3 is 4.98 Å². The Bertz CT molecular complexity index is 1100. The molecule has 2 N–H and O–H groups in total. The quantitative estimate of drug-likeness (QED) is 0.412. The highest BCUT2D eigenvalue weighted by atomic mass is 32.1. The average molecular weight is 360 g/mol. The number of hydrogen-bond donors (Lipinski definition) is 2.